The number of benzene rings is 18. The fourth-order valence-electron chi connectivity index (χ4n) is 21.2. The number of nitriles is 1. The molecule has 0 fully saturated rings. The lowest BCUT2D eigenvalue weighted by molar-refractivity contribution is 0.591. The molecule has 0 saturated heterocycles. The zero-order valence-electron chi connectivity index (χ0n) is 76.4. The van der Waals surface area contributed by atoms with E-state index in [0.717, 1.165) is 156 Å². The van der Waals surface area contributed by atoms with Crippen molar-refractivity contribution in [3.05, 3.63) is 439 Å². The Morgan fingerprint density at radius 3 is 1.27 bits per heavy atom. The highest BCUT2D eigenvalue weighted by molar-refractivity contribution is 7.00. The Hall–Kier alpha value is -15.3. The normalized spacial score (nSPS) is 14.0. The molecule has 24 rings (SSSR count). The molecule has 2 aliphatic carbocycles. The second kappa shape index (κ2) is 27.6. The minimum atomic E-state index is -0.828. The number of fused-ring (bicyclic) bond motifs is 20. The van der Waals surface area contributed by atoms with Crippen LogP contribution in [0.4, 0.5) is 34.1 Å². The molecule has 0 unspecified atom stereocenters. The van der Waals surface area contributed by atoms with E-state index in [9.17, 15) is 14.9 Å². The molecule has 1 spiro atoms. The highest BCUT2D eigenvalue weighted by atomic mass is 15.2. The first-order valence-electron chi connectivity index (χ1n) is 46.3. The van der Waals surface area contributed by atoms with Crippen molar-refractivity contribution in [1.29, 1.82) is 5.26 Å². The van der Waals surface area contributed by atoms with Gasteiger partial charge >= 0.3 is 0 Å². The van der Waals surface area contributed by atoms with Gasteiger partial charge < -0.3 is 18.9 Å². The van der Waals surface area contributed by atoms with E-state index in [0.29, 0.717) is 11.4 Å². The lowest BCUT2D eigenvalue weighted by Crippen LogP contribution is -2.61. The van der Waals surface area contributed by atoms with E-state index < -0.39 is 54.4 Å². The maximum absolute atomic E-state index is 10.9. The smallest absolute Gasteiger partial charge is 0.252 e. The number of hydrogen-bond donors (Lipinski definition) is 0. The van der Waals surface area contributed by atoms with Crippen LogP contribution in [0.2, 0.25) is 0 Å². The van der Waals surface area contributed by atoms with Gasteiger partial charge in [0.2, 0.25) is 0 Å². The van der Waals surface area contributed by atoms with Gasteiger partial charge in [-0.05, 0) is 218 Å². The van der Waals surface area contributed by atoms with Gasteiger partial charge in [0, 0.05) is 77.9 Å². The zero-order chi connectivity index (χ0) is 89.1. The molecule has 2 aliphatic heterocycles. The summed E-state index contributed by atoms with van der Waals surface area (Å²) < 4.78 is 72.8. The average Bonchev–Trinajstić information content (AvgIpc) is 1.65. The van der Waals surface area contributed by atoms with Crippen molar-refractivity contribution < 1.29 is 9.60 Å². The molecule has 4 aliphatic rings. The van der Waals surface area contributed by atoms with Crippen LogP contribution in [0.5, 0.6) is 0 Å². The van der Waals surface area contributed by atoms with E-state index >= 15 is 0 Å². The SMILES string of the molecule is [2H]c1c([2H])c([2H])c2c(c1[2H])c1c([2H])c(C#N)c([2H])c([2H])c1n2-c1ccc2c(c1)N(c1c(-c3ccccc3)cc(-c3ccccc3)cc1-c1ccccc1)c1cc(-c3cccc4c3C3(c5ccccc5-c5ccccc53)c3ccccc3-4)cc3c1B2c1ccc(-n2c4ccc(C(C)(C)C)cc4c4ccc(C(C)(C)C)cc42)cc1N3c1c(-c2ccccc2)cccc1-c1ccccc1. The van der Waals surface area contributed by atoms with Crippen LogP contribution in [0.15, 0.2) is 400 Å². The van der Waals surface area contributed by atoms with Crippen LogP contribution in [0.3, 0.4) is 0 Å². The molecule has 2 aromatic heterocycles. The second-order valence-corrected chi connectivity index (χ2v) is 35.5. The summed E-state index contributed by atoms with van der Waals surface area (Å²) in [7, 11) is 0. The Balaban J connectivity index is 0.921. The van der Waals surface area contributed by atoms with Crippen molar-refractivity contribution in [3.63, 3.8) is 0 Å². The van der Waals surface area contributed by atoms with E-state index in [-0.39, 0.29) is 38.2 Å². The first-order valence-corrected chi connectivity index (χ1v) is 42.8. The van der Waals surface area contributed by atoms with Crippen molar-refractivity contribution in [1.82, 2.24) is 9.13 Å². The minimum Gasteiger partial charge on any atom is -0.310 e. The third-order valence-corrected chi connectivity index (χ3v) is 26.7. The first kappa shape index (κ1) is 65.6. The predicted molar refractivity (Wildman–Crippen MR) is 520 cm³/mol. The maximum atomic E-state index is 10.9. The summed E-state index contributed by atoms with van der Waals surface area (Å²) >= 11 is 0. The van der Waals surface area contributed by atoms with Crippen LogP contribution in [0, 0.1) is 11.3 Å². The third-order valence-electron chi connectivity index (χ3n) is 26.7. The lowest BCUT2D eigenvalue weighted by Gasteiger charge is -2.46. The van der Waals surface area contributed by atoms with E-state index in [1.165, 1.54) is 38.9 Å². The molecule has 0 saturated carbocycles. The highest BCUT2D eigenvalue weighted by Crippen LogP contribution is 2.66. The van der Waals surface area contributed by atoms with Crippen molar-refractivity contribution in [2.45, 2.75) is 57.8 Å². The fourth-order valence-corrected chi connectivity index (χ4v) is 21.2. The van der Waals surface area contributed by atoms with Crippen LogP contribution < -0.4 is 26.2 Å². The summed E-state index contributed by atoms with van der Waals surface area (Å²) in [6.45, 7) is 13.1. The molecule has 6 heteroatoms. The monoisotopic (exact) mass is 1590 g/mol. The summed E-state index contributed by atoms with van der Waals surface area (Å²) in [4.78, 5) is 5.12. The summed E-state index contributed by atoms with van der Waals surface area (Å²) in [5.74, 6) is 0. The van der Waals surface area contributed by atoms with E-state index in [2.05, 4.69) is 414 Å². The van der Waals surface area contributed by atoms with Crippen molar-refractivity contribution >= 4 is 101 Å². The van der Waals surface area contributed by atoms with Crippen LogP contribution >= 0.6 is 0 Å². The van der Waals surface area contributed by atoms with Gasteiger partial charge in [-0.1, -0.05) is 351 Å². The molecule has 584 valence electrons. The summed E-state index contributed by atoms with van der Waals surface area (Å²) in [5, 5.41) is 13.1. The molecule has 0 atom stereocenters. The molecular formula is C118H84BN5. The van der Waals surface area contributed by atoms with Gasteiger partial charge in [0.25, 0.3) is 6.71 Å². The largest absolute Gasteiger partial charge is 0.310 e. The second-order valence-electron chi connectivity index (χ2n) is 35.5. The molecule has 0 bridgehead atoms. The highest BCUT2D eigenvalue weighted by Gasteiger charge is 2.54. The van der Waals surface area contributed by atoms with E-state index in [1.807, 2.05) is 6.07 Å². The van der Waals surface area contributed by atoms with Crippen LogP contribution in [-0.4, -0.2) is 15.8 Å². The van der Waals surface area contributed by atoms with Crippen LogP contribution in [-0.2, 0) is 16.2 Å². The Bertz CT molecular complexity index is 8170. The zero-order valence-corrected chi connectivity index (χ0v) is 69.4. The molecule has 0 amide bonds. The molecule has 5 nitrogen and oxygen atoms in total. The molecule has 124 heavy (non-hydrogen) atoms. The number of hydrogen-bond acceptors (Lipinski definition) is 3. The molecular weight excluding hydrogens is 1500 g/mol. The molecule has 4 heterocycles. The number of rotatable bonds is 10. The standard InChI is InChI=1S/C118H84BN5/c1-116(2,3)82-56-63-106-98(69-82)93-59-55-83(117(4,5)6)70-107(93)122(106)85-58-61-102-108(72-85)123(114-87(76-34-14-8-15-35-76)47-31-48-88(114)77-36-16-9-17-37-77)110-67-81(86-46-30-49-94-91-44-24-28-52-101(91)118(112(86)94)99-50-26-22-42-89(99)90-43-23-27-51-100(90)118)68-111-113(110)119(102)103-60-57-84(121-104-53-29-25-45-92(104)97-64-74(73-120)54-62-105(97)121)71-109(103)124(111)115-95(78-38-18-10-19-39-78)65-80(75-32-12-7-13-33-75)66-96(115)79-40-20-11-21-41-79/h7-72H,1-6H3/i25D,29D,45D,53D,54D,62D,64D. The lowest BCUT2D eigenvalue weighted by atomic mass is 9.33. The Labute approximate surface area is 733 Å². The first-order chi connectivity index (χ1) is 63.7. The fraction of sp³-hybridized carbons (Fsp3) is 0.0763. The summed E-state index contributed by atoms with van der Waals surface area (Å²) in [6, 6.07) is 130. The topological polar surface area (TPSA) is 40.1 Å². The van der Waals surface area contributed by atoms with Crippen LogP contribution in [0.1, 0.15) is 90.1 Å². The van der Waals surface area contributed by atoms with Gasteiger partial charge in [0.15, 0.2) is 0 Å². The van der Waals surface area contributed by atoms with E-state index in [1.54, 1.807) is 4.57 Å². The van der Waals surface area contributed by atoms with Gasteiger partial charge in [-0.25, -0.2) is 0 Å². The third kappa shape index (κ3) is 10.8. The van der Waals surface area contributed by atoms with Gasteiger partial charge in [-0.2, -0.15) is 5.26 Å². The number of aromatic nitrogens is 2. The number of para-hydroxylation sites is 2. The molecule has 20 aromatic rings. The van der Waals surface area contributed by atoms with Gasteiger partial charge in [-0.3, -0.25) is 0 Å². The predicted octanol–water partition coefficient (Wildman–Crippen LogP) is 28.8. The quantitative estimate of drug-likeness (QED) is 0.128. The maximum Gasteiger partial charge on any atom is 0.252 e. The Kier molecular flexibility index (Phi) is 14.6. The van der Waals surface area contributed by atoms with Gasteiger partial charge in [0.1, 0.15) is 0 Å². The van der Waals surface area contributed by atoms with Crippen molar-refractivity contribution in [3.8, 4) is 106 Å². The Morgan fingerprint density at radius 1 is 0.306 bits per heavy atom. The summed E-state index contributed by atoms with van der Waals surface area (Å²) in [5.41, 5.74) is 33.7. The van der Waals surface area contributed by atoms with Gasteiger partial charge in [-0.15, -0.1) is 0 Å². The summed E-state index contributed by atoms with van der Waals surface area (Å²) in [6.07, 6.45) is 0. The van der Waals surface area contributed by atoms with Gasteiger partial charge in [0.05, 0.1) is 60.1 Å². The molecule has 0 radical (unpaired) electrons. The molecule has 18 aromatic carbocycles. The average molecular weight is 1590 g/mol. The minimum absolute atomic E-state index is 0.00478. The van der Waals surface area contributed by atoms with Crippen molar-refractivity contribution in [2.24, 2.45) is 0 Å². The number of anilines is 6. The van der Waals surface area contributed by atoms with Crippen molar-refractivity contribution in [2.75, 3.05) is 9.80 Å². The Morgan fingerprint density at radius 2 is 0.742 bits per heavy atom. The molecule has 0 N–H and O–H groups in total. The van der Waals surface area contributed by atoms with Crippen LogP contribution in [0.25, 0.3) is 144 Å². The number of nitrogens with zero attached hydrogens (tertiary/aromatic N) is 5. The van der Waals surface area contributed by atoms with E-state index in [4.69, 9.17) is 0 Å².